The SMILES string of the molecule is CCCCCCCCCCCCC/C=C/C(=O)c1ccc(C)cc1. The topological polar surface area (TPSA) is 17.1 Å². The van der Waals surface area contributed by atoms with Crippen LogP contribution in [0.25, 0.3) is 0 Å². The van der Waals surface area contributed by atoms with E-state index in [-0.39, 0.29) is 5.78 Å². The maximum atomic E-state index is 12.0. The molecule has 0 aliphatic carbocycles. The highest BCUT2D eigenvalue weighted by Crippen LogP contribution is 2.12. The first kappa shape index (κ1) is 20.7. The van der Waals surface area contributed by atoms with Crippen molar-refractivity contribution < 1.29 is 4.79 Å². The van der Waals surface area contributed by atoms with Crippen LogP contribution >= 0.6 is 0 Å². The Morgan fingerprint density at radius 2 is 1.29 bits per heavy atom. The lowest BCUT2D eigenvalue weighted by molar-refractivity contribution is 0.104. The Morgan fingerprint density at radius 3 is 1.83 bits per heavy atom. The molecule has 134 valence electrons. The molecule has 0 atom stereocenters. The third-order valence-electron chi connectivity index (χ3n) is 4.58. The van der Waals surface area contributed by atoms with Gasteiger partial charge in [0.1, 0.15) is 0 Å². The van der Waals surface area contributed by atoms with Gasteiger partial charge in [0.05, 0.1) is 0 Å². The second-order valence-electron chi connectivity index (χ2n) is 6.96. The molecule has 0 N–H and O–H groups in total. The number of allylic oxidation sites excluding steroid dienone is 2. The van der Waals surface area contributed by atoms with E-state index in [1.54, 1.807) is 6.08 Å². The summed E-state index contributed by atoms with van der Waals surface area (Å²) in [6, 6.07) is 7.80. The van der Waals surface area contributed by atoms with Gasteiger partial charge in [0, 0.05) is 5.56 Å². The molecule has 24 heavy (non-hydrogen) atoms. The van der Waals surface area contributed by atoms with Gasteiger partial charge >= 0.3 is 0 Å². The maximum absolute atomic E-state index is 12.0. The first-order chi connectivity index (χ1) is 11.7. The smallest absolute Gasteiger partial charge is 0.185 e. The first-order valence-corrected chi connectivity index (χ1v) is 10.0. The Bertz CT molecular complexity index is 455. The van der Waals surface area contributed by atoms with Crippen LogP contribution in [0.2, 0.25) is 0 Å². The van der Waals surface area contributed by atoms with Gasteiger partial charge in [-0.1, -0.05) is 107 Å². The second kappa shape index (κ2) is 14.0. The van der Waals surface area contributed by atoms with E-state index in [4.69, 9.17) is 0 Å². The fourth-order valence-electron chi connectivity index (χ4n) is 2.93. The number of ketones is 1. The van der Waals surface area contributed by atoms with Crippen LogP contribution in [0.15, 0.2) is 36.4 Å². The van der Waals surface area contributed by atoms with Gasteiger partial charge in [0.2, 0.25) is 0 Å². The highest BCUT2D eigenvalue weighted by molar-refractivity contribution is 6.04. The molecule has 0 saturated carbocycles. The molecule has 0 saturated heterocycles. The molecule has 0 aromatic heterocycles. The third-order valence-corrected chi connectivity index (χ3v) is 4.58. The summed E-state index contributed by atoms with van der Waals surface area (Å²) in [7, 11) is 0. The molecule has 0 aliphatic heterocycles. The van der Waals surface area contributed by atoms with Crippen molar-refractivity contribution in [3.63, 3.8) is 0 Å². The molecular weight excluding hydrogens is 292 g/mol. The fourth-order valence-corrected chi connectivity index (χ4v) is 2.93. The largest absolute Gasteiger partial charge is 0.289 e. The minimum atomic E-state index is 0.123. The highest BCUT2D eigenvalue weighted by Gasteiger charge is 1.99. The number of hydrogen-bond acceptors (Lipinski definition) is 1. The number of benzene rings is 1. The molecule has 0 spiro atoms. The van der Waals surface area contributed by atoms with E-state index in [0.29, 0.717) is 0 Å². The summed E-state index contributed by atoms with van der Waals surface area (Å²) in [5, 5.41) is 0. The maximum Gasteiger partial charge on any atom is 0.185 e. The summed E-state index contributed by atoms with van der Waals surface area (Å²) in [6.45, 7) is 4.31. The van der Waals surface area contributed by atoms with Crippen LogP contribution in [0.1, 0.15) is 99.9 Å². The molecule has 1 heteroatoms. The van der Waals surface area contributed by atoms with E-state index in [0.717, 1.165) is 12.0 Å². The minimum Gasteiger partial charge on any atom is -0.289 e. The Labute approximate surface area is 149 Å². The highest BCUT2D eigenvalue weighted by atomic mass is 16.1. The van der Waals surface area contributed by atoms with Gasteiger partial charge in [0.25, 0.3) is 0 Å². The summed E-state index contributed by atoms with van der Waals surface area (Å²) < 4.78 is 0. The lowest BCUT2D eigenvalue weighted by Crippen LogP contribution is -1.93. The van der Waals surface area contributed by atoms with Crippen LogP contribution < -0.4 is 0 Å². The van der Waals surface area contributed by atoms with Gasteiger partial charge in [-0.3, -0.25) is 4.79 Å². The molecule has 1 aromatic rings. The molecule has 1 rings (SSSR count). The Balaban J connectivity index is 1.94. The normalized spacial score (nSPS) is 11.2. The molecule has 0 fully saturated rings. The van der Waals surface area contributed by atoms with Gasteiger partial charge < -0.3 is 0 Å². The lowest BCUT2D eigenvalue weighted by atomic mass is 10.0. The van der Waals surface area contributed by atoms with Crippen molar-refractivity contribution in [2.24, 2.45) is 0 Å². The summed E-state index contributed by atoms with van der Waals surface area (Å²) in [5.41, 5.74) is 1.98. The summed E-state index contributed by atoms with van der Waals surface area (Å²) in [6.07, 6.45) is 19.8. The van der Waals surface area contributed by atoms with Crippen LogP contribution in [0.5, 0.6) is 0 Å². The van der Waals surface area contributed by atoms with Gasteiger partial charge in [-0.25, -0.2) is 0 Å². The number of carbonyl (C=O) groups is 1. The molecule has 0 radical (unpaired) electrons. The Kier molecular flexibility index (Phi) is 12.1. The molecule has 0 heterocycles. The first-order valence-electron chi connectivity index (χ1n) is 10.0. The predicted octanol–water partition coefficient (Wildman–Crippen LogP) is 7.44. The quantitative estimate of drug-likeness (QED) is 0.197. The van der Waals surface area contributed by atoms with Crippen molar-refractivity contribution in [1.29, 1.82) is 0 Å². The van der Waals surface area contributed by atoms with E-state index < -0.39 is 0 Å². The van der Waals surface area contributed by atoms with Crippen LogP contribution in [0, 0.1) is 6.92 Å². The zero-order valence-electron chi connectivity index (χ0n) is 15.9. The summed E-state index contributed by atoms with van der Waals surface area (Å²) in [5.74, 6) is 0.123. The number of aryl methyl sites for hydroxylation is 1. The zero-order chi connectivity index (χ0) is 17.5. The molecule has 0 unspecified atom stereocenters. The molecular formula is C23H36O. The average molecular weight is 329 g/mol. The number of hydrogen-bond donors (Lipinski definition) is 0. The Morgan fingerprint density at radius 1 is 0.792 bits per heavy atom. The number of rotatable bonds is 14. The van der Waals surface area contributed by atoms with E-state index in [2.05, 4.69) is 6.92 Å². The molecule has 0 amide bonds. The van der Waals surface area contributed by atoms with Crippen molar-refractivity contribution in [2.75, 3.05) is 0 Å². The van der Waals surface area contributed by atoms with Crippen molar-refractivity contribution in [3.05, 3.63) is 47.5 Å². The summed E-state index contributed by atoms with van der Waals surface area (Å²) >= 11 is 0. The van der Waals surface area contributed by atoms with Crippen molar-refractivity contribution in [1.82, 2.24) is 0 Å². The Hall–Kier alpha value is -1.37. The van der Waals surface area contributed by atoms with E-state index in [9.17, 15) is 4.79 Å². The molecule has 0 aliphatic rings. The monoisotopic (exact) mass is 328 g/mol. The van der Waals surface area contributed by atoms with Crippen LogP contribution in [0.3, 0.4) is 0 Å². The predicted molar refractivity (Wildman–Crippen MR) is 106 cm³/mol. The van der Waals surface area contributed by atoms with Crippen LogP contribution in [-0.4, -0.2) is 5.78 Å². The van der Waals surface area contributed by atoms with Gasteiger partial charge in [-0.05, 0) is 25.8 Å². The summed E-state index contributed by atoms with van der Waals surface area (Å²) in [4.78, 5) is 12.0. The van der Waals surface area contributed by atoms with Crippen molar-refractivity contribution in [2.45, 2.75) is 90.9 Å². The van der Waals surface area contributed by atoms with Crippen LogP contribution in [-0.2, 0) is 0 Å². The van der Waals surface area contributed by atoms with Gasteiger partial charge in [-0.2, -0.15) is 0 Å². The minimum absolute atomic E-state index is 0.123. The number of carbonyl (C=O) groups excluding carboxylic acids is 1. The zero-order valence-corrected chi connectivity index (χ0v) is 15.9. The standard InChI is InChI=1S/C23H36O/c1-3-4-5-6-7-8-9-10-11-12-13-14-15-16-23(24)22-19-17-21(2)18-20-22/h15-20H,3-14H2,1-2H3/b16-15+. The lowest BCUT2D eigenvalue weighted by Gasteiger charge is -2.01. The van der Waals surface area contributed by atoms with Crippen LogP contribution in [0.4, 0.5) is 0 Å². The van der Waals surface area contributed by atoms with Crippen molar-refractivity contribution in [3.8, 4) is 0 Å². The average Bonchev–Trinajstić information content (AvgIpc) is 2.59. The van der Waals surface area contributed by atoms with Gasteiger partial charge in [-0.15, -0.1) is 0 Å². The van der Waals surface area contributed by atoms with E-state index in [1.807, 2.05) is 37.3 Å². The van der Waals surface area contributed by atoms with E-state index >= 15 is 0 Å². The second-order valence-corrected chi connectivity index (χ2v) is 6.96. The molecule has 1 nitrogen and oxygen atoms in total. The van der Waals surface area contributed by atoms with Gasteiger partial charge in [0.15, 0.2) is 5.78 Å². The van der Waals surface area contributed by atoms with E-state index in [1.165, 1.54) is 76.2 Å². The molecule has 1 aromatic carbocycles. The molecule has 0 bridgehead atoms. The third kappa shape index (κ3) is 10.4. The van der Waals surface area contributed by atoms with Crippen molar-refractivity contribution >= 4 is 5.78 Å². The fraction of sp³-hybridized carbons (Fsp3) is 0.609. The number of unbranched alkanes of at least 4 members (excludes halogenated alkanes) is 11.